The summed E-state index contributed by atoms with van der Waals surface area (Å²) in [4.78, 5) is 1.91. The van der Waals surface area contributed by atoms with E-state index in [1.807, 2.05) is 37.1 Å². The Labute approximate surface area is 117 Å². The van der Waals surface area contributed by atoms with Crippen LogP contribution in [0.5, 0.6) is 0 Å². The minimum absolute atomic E-state index is 0.0326. The highest BCUT2D eigenvalue weighted by atomic mass is 79.9. The number of hydrogen-bond donors (Lipinski definition) is 1. The molecule has 0 aromatic heterocycles. The first-order valence-electron chi connectivity index (χ1n) is 5.64. The Kier molecular flexibility index (Phi) is 5.19. The molecule has 1 aromatic rings. The molecule has 0 fully saturated rings. The standard InChI is InChI=1S/C12H19BrN2O2S/c1-9(14)11-5-4-10(8-12(11)13)15(2)6-7-18(3,16)17/h4-5,8-9H,6-7,14H2,1-3H3/t9-/m0/s1. The van der Waals surface area contributed by atoms with Crippen molar-refractivity contribution in [2.45, 2.75) is 13.0 Å². The molecule has 6 heteroatoms. The monoisotopic (exact) mass is 334 g/mol. The highest BCUT2D eigenvalue weighted by Gasteiger charge is 2.10. The van der Waals surface area contributed by atoms with Gasteiger partial charge >= 0.3 is 0 Å². The molecule has 0 aliphatic rings. The van der Waals surface area contributed by atoms with E-state index in [0.717, 1.165) is 15.7 Å². The number of sulfone groups is 1. The van der Waals surface area contributed by atoms with E-state index in [1.165, 1.54) is 6.26 Å². The second-order valence-electron chi connectivity index (χ2n) is 4.55. The number of hydrogen-bond acceptors (Lipinski definition) is 4. The van der Waals surface area contributed by atoms with Crippen LogP contribution in [0, 0.1) is 0 Å². The van der Waals surface area contributed by atoms with Crippen molar-refractivity contribution in [1.29, 1.82) is 0 Å². The fraction of sp³-hybridized carbons (Fsp3) is 0.500. The van der Waals surface area contributed by atoms with Gasteiger partial charge in [0.05, 0.1) is 5.75 Å². The largest absolute Gasteiger partial charge is 0.374 e. The lowest BCUT2D eigenvalue weighted by Gasteiger charge is -2.20. The van der Waals surface area contributed by atoms with Gasteiger partial charge in [0.15, 0.2) is 0 Å². The van der Waals surface area contributed by atoms with Gasteiger partial charge in [-0.25, -0.2) is 8.42 Å². The van der Waals surface area contributed by atoms with Crippen molar-refractivity contribution in [2.75, 3.05) is 30.5 Å². The van der Waals surface area contributed by atoms with Crippen LogP contribution in [0.25, 0.3) is 0 Å². The number of nitrogens with two attached hydrogens (primary N) is 1. The Morgan fingerprint density at radius 1 is 1.44 bits per heavy atom. The van der Waals surface area contributed by atoms with Crippen molar-refractivity contribution in [2.24, 2.45) is 5.73 Å². The van der Waals surface area contributed by atoms with Crippen molar-refractivity contribution in [3.63, 3.8) is 0 Å². The maximum atomic E-state index is 11.1. The fourth-order valence-electron chi connectivity index (χ4n) is 1.55. The zero-order valence-corrected chi connectivity index (χ0v) is 13.3. The van der Waals surface area contributed by atoms with E-state index >= 15 is 0 Å². The van der Waals surface area contributed by atoms with E-state index in [2.05, 4.69) is 15.9 Å². The van der Waals surface area contributed by atoms with E-state index in [0.29, 0.717) is 6.54 Å². The van der Waals surface area contributed by atoms with Gasteiger partial charge in [-0.2, -0.15) is 0 Å². The first-order valence-corrected chi connectivity index (χ1v) is 8.50. The van der Waals surface area contributed by atoms with Crippen LogP contribution in [0.4, 0.5) is 5.69 Å². The second-order valence-corrected chi connectivity index (χ2v) is 7.66. The molecule has 0 radical (unpaired) electrons. The highest BCUT2D eigenvalue weighted by molar-refractivity contribution is 9.10. The summed E-state index contributed by atoms with van der Waals surface area (Å²) in [5.74, 6) is 0.149. The number of anilines is 1. The van der Waals surface area contributed by atoms with Gasteiger partial charge < -0.3 is 10.6 Å². The molecular formula is C12H19BrN2O2S. The summed E-state index contributed by atoms with van der Waals surface area (Å²) in [6, 6.07) is 5.84. The average molecular weight is 335 g/mol. The molecule has 0 bridgehead atoms. The zero-order chi connectivity index (χ0) is 13.9. The molecular weight excluding hydrogens is 316 g/mol. The number of halogens is 1. The summed E-state index contributed by atoms with van der Waals surface area (Å²) in [6.45, 7) is 2.40. The number of benzene rings is 1. The van der Waals surface area contributed by atoms with Crippen LogP contribution in [-0.4, -0.2) is 34.0 Å². The molecule has 0 aliphatic heterocycles. The van der Waals surface area contributed by atoms with Crippen molar-refractivity contribution in [3.05, 3.63) is 28.2 Å². The van der Waals surface area contributed by atoms with Crippen molar-refractivity contribution >= 4 is 31.5 Å². The van der Waals surface area contributed by atoms with E-state index in [1.54, 1.807) is 0 Å². The average Bonchev–Trinajstić information content (AvgIpc) is 2.24. The van der Waals surface area contributed by atoms with Gasteiger partial charge in [0, 0.05) is 36.1 Å². The van der Waals surface area contributed by atoms with Crippen molar-refractivity contribution in [3.8, 4) is 0 Å². The molecule has 2 N–H and O–H groups in total. The summed E-state index contributed by atoms with van der Waals surface area (Å²) in [7, 11) is -1.06. The van der Waals surface area contributed by atoms with E-state index in [-0.39, 0.29) is 11.8 Å². The van der Waals surface area contributed by atoms with Crippen LogP contribution < -0.4 is 10.6 Å². The minimum atomic E-state index is -2.93. The second kappa shape index (κ2) is 6.04. The van der Waals surface area contributed by atoms with Gasteiger partial charge in [-0.1, -0.05) is 22.0 Å². The van der Waals surface area contributed by atoms with E-state index < -0.39 is 9.84 Å². The Balaban J connectivity index is 2.81. The minimum Gasteiger partial charge on any atom is -0.374 e. The van der Waals surface area contributed by atoms with Gasteiger partial charge in [-0.05, 0) is 24.6 Å². The zero-order valence-electron chi connectivity index (χ0n) is 10.9. The summed E-state index contributed by atoms with van der Waals surface area (Å²) < 4.78 is 23.2. The lowest BCUT2D eigenvalue weighted by Crippen LogP contribution is -2.24. The molecule has 0 spiro atoms. The molecule has 0 saturated heterocycles. The number of nitrogens with zero attached hydrogens (tertiary/aromatic N) is 1. The molecule has 1 rings (SSSR count). The van der Waals surface area contributed by atoms with Crippen LogP contribution >= 0.6 is 15.9 Å². The summed E-state index contributed by atoms with van der Waals surface area (Å²) in [5.41, 5.74) is 7.84. The Morgan fingerprint density at radius 2 is 2.06 bits per heavy atom. The SMILES string of the molecule is C[C@H](N)c1ccc(N(C)CCS(C)(=O)=O)cc1Br. The maximum absolute atomic E-state index is 11.1. The quantitative estimate of drug-likeness (QED) is 0.893. The maximum Gasteiger partial charge on any atom is 0.149 e. The third-order valence-corrected chi connectivity index (χ3v) is 4.32. The van der Waals surface area contributed by atoms with Gasteiger partial charge in [-0.3, -0.25) is 0 Å². The van der Waals surface area contributed by atoms with E-state index in [9.17, 15) is 8.42 Å². The predicted octanol–water partition coefficient (Wildman–Crippen LogP) is 1.95. The van der Waals surface area contributed by atoms with Gasteiger partial charge in [0.25, 0.3) is 0 Å². The van der Waals surface area contributed by atoms with Gasteiger partial charge in [0.1, 0.15) is 9.84 Å². The Hall–Kier alpha value is -0.590. The summed E-state index contributed by atoms with van der Waals surface area (Å²) in [5, 5.41) is 0. The highest BCUT2D eigenvalue weighted by Crippen LogP contribution is 2.26. The van der Waals surface area contributed by atoms with Crippen LogP contribution in [0.2, 0.25) is 0 Å². The molecule has 1 aromatic carbocycles. The van der Waals surface area contributed by atoms with Crippen LogP contribution in [0.1, 0.15) is 18.5 Å². The van der Waals surface area contributed by atoms with Crippen molar-refractivity contribution in [1.82, 2.24) is 0 Å². The van der Waals surface area contributed by atoms with Gasteiger partial charge in [-0.15, -0.1) is 0 Å². The fourth-order valence-corrected chi connectivity index (χ4v) is 2.89. The summed E-state index contributed by atoms with van der Waals surface area (Å²) in [6.07, 6.45) is 1.25. The molecule has 0 saturated carbocycles. The Bertz CT molecular complexity index is 515. The first-order chi connectivity index (χ1) is 8.20. The summed E-state index contributed by atoms with van der Waals surface area (Å²) >= 11 is 3.48. The van der Waals surface area contributed by atoms with Gasteiger partial charge in [0.2, 0.25) is 0 Å². The van der Waals surface area contributed by atoms with Crippen LogP contribution in [0.15, 0.2) is 22.7 Å². The molecule has 102 valence electrons. The lowest BCUT2D eigenvalue weighted by molar-refractivity contribution is 0.601. The molecule has 0 amide bonds. The smallest absolute Gasteiger partial charge is 0.149 e. The number of rotatable bonds is 5. The molecule has 0 aliphatic carbocycles. The first kappa shape index (κ1) is 15.5. The van der Waals surface area contributed by atoms with Crippen LogP contribution in [0.3, 0.4) is 0 Å². The molecule has 4 nitrogen and oxygen atoms in total. The molecule has 0 unspecified atom stereocenters. The van der Waals surface area contributed by atoms with E-state index in [4.69, 9.17) is 5.73 Å². The third kappa shape index (κ3) is 4.59. The van der Waals surface area contributed by atoms with Crippen molar-refractivity contribution < 1.29 is 8.42 Å². The molecule has 1 atom stereocenters. The lowest BCUT2D eigenvalue weighted by atomic mass is 10.1. The molecule has 18 heavy (non-hydrogen) atoms. The Morgan fingerprint density at radius 3 is 2.50 bits per heavy atom. The van der Waals surface area contributed by atoms with Crippen LogP contribution in [-0.2, 0) is 9.84 Å². The third-order valence-electron chi connectivity index (χ3n) is 2.71. The predicted molar refractivity (Wildman–Crippen MR) is 79.7 cm³/mol. The topological polar surface area (TPSA) is 63.4 Å². The normalized spacial score (nSPS) is 13.4. The molecule has 0 heterocycles.